The Morgan fingerprint density at radius 3 is 2.38 bits per heavy atom. The molecule has 2 rings (SSSR count). The third-order valence-electron chi connectivity index (χ3n) is 3.88. The lowest BCUT2D eigenvalue weighted by Crippen LogP contribution is -2.42. The molecule has 0 aliphatic heterocycles. The van der Waals surface area contributed by atoms with Gasteiger partial charge in [-0.05, 0) is 37.1 Å². The predicted octanol–water partition coefficient (Wildman–Crippen LogP) is 0.729. The van der Waals surface area contributed by atoms with Gasteiger partial charge in [0.15, 0.2) is 6.61 Å². The van der Waals surface area contributed by atoms with Gasteiger partial charge < -0.3 is 21.1 Å². The fourth-order valence-electron chi connectivity index (χ4n) is 2.65. The Morgan fingerprint density at radius 1 is 1.08 bits per heavy atom. The van der Waals surface area contributed by atoms with E-state index in [4.69, 9.17) is 10.5 Å². The number of nitrogens with two attached hydrogens (primary N) is 1. The fourth-order valence-corrected chi connectivity index (χ4v) is 2.65. The molecule has 130 valence electrons. The van der Waals surface area contributed by atoms with Crippen LogP contribution >= 0.6 is 0 Å². The Hall–Kier alpha value is -2.57. The molecule has 1 fully saturated rings. The molecule has 1 aromatic carbocycles. The molecule has 7 heteroatoms. The monoisotopic (exact) mass is 333 g/mol. The van der Waals surface area contributed by atoms with Crippen LogP contribution < -0.4 is 21.1 Å². The van der Waals surface area contributed by atoms with Crippen LogP contribution in [0, 0.1) is 0 Å². The lowest BCUT2D eigenvalue weighted by molar-refractivity contribution is -0.121. The van der Waals surface area contributed by atoms with E-state index < -0.39 is 5.91 Å². The number of hydrogen-bond acceptors (Lipinski definition) is 4. The van der Waals surface area contributed by atoms with E-state index in [0.717, 1.165) is 25.7 Å². The molecule has 7 nitrogen and oxygen atoms in total. The molecule has 1 aromatic rings. The molecule has 0 spiro atoms. The number of primary amides is 1. The number of nitrogens with one attached hydrogen (secondary N) is 2. The Kier molecular flexibility index (Phi) is 6.60. The molecular formula is C17H23N3O4. The van der Waals surface area contributed by atoms with Crippen molar-refractivity contribution in [2.24, 2.45) is 5.73 Å². The summed E-state index contributed by atoms with van der Waals surface area (Å²) >= 11 is 0. The summed E-state index contributed by atoms with van der Waals surface area (Å²) in [6.07, 6.45) is 5.52. The normalized spacial score (nSPS) is 14.7. The van der Waals surface area contributed by atoms with E-state index in [-0.39, 0.29) is 31.0 Å². The Labute approximate surface area is 140 Å². The van der Waals surface area contributed by atoms with Gasteiger partial charge in [-0.2, -0.15) is 0 Å². The molecule has 0 aromatic heterocycles. The van der Waals surface area contributed by atoms with Gasteiger partial charge in [-0.25, -0.2) is 0 Å². The zero-order chi connectivity index (χ0) is 17.4. The third-order valence-corrected chi connectivity index (χ3v) is 3.88. The van der Waals surface area contributed by atoms with Crippen LogP contribution in [-0.4, -0.2) is 36.9 Å². The second-order valence-electron chi connectivity index (χ2n) is 5.86. The smallest absolute Gasteiger partial charge is 0.255 e. The molecule has 0 bridgehead atoms. The summed E-state index contributed by atoms with van der Waals surface area (Å²) in [5.74, 6) is -0.631. The average Bonchev–Trinajstić information content (AvgIpc) is 2.59. The molecular weight excluding hydrogens is 310 g/mol. The van der Waals surface area contributed by atoms with Crippen molar-refractivity contribution in [3.63, 3.8) is 0 Å². The minimum Gasteiger partial charge on any atom is -0.484 e. The SMILES string of the molecule is NC(=O)COc1ccc(C(=O)NCC(=O)NC2CCCCC2)cc1. The Balaban J connectivity index is 1.75. The summed E-state index contributed by atoms with van der Waals surface area (Å²) in [7, 11) is 0. The van der Waals surface area contributed by atoms with Crippen molar-refractivity contribution in [2.45, 2.75) is 38.1 Å². The van der Waals surface area contributed by atoms with E-state index in [1.807, 2.05) is 0 Å². The summed E-state index contributed by atoms with van der Waals surface area (Å²) in [6.45, 7) is -0.262. The van der Waals surface area contributed by atoms with Crippen molar-refractivity contribution >= 4 is 17.7 Å². The molecule has 1 saturated carbocycles. The maximum Gasteiger partial charge on any atom is 0.255 e. The molecule has 4 N–H and O–H groups in total. The number of amides is 3. The first-order valence-corrected chi connectivity index (χ1v) is 8.13. The maximum atomic E-state index is 12.0. The summed E-state index contributed by atoms with van der Waals surface area (Å²) in [4.78, 5) is 34.5. The van der Waals surface area contributed by atoms with Gasteiger partial charge in [0.1, 0.15) is 5.75 Å². The average molecular weight is 333 g/mol. The molecule has 1 aliphatic rings. The lowest BCUT2D eigenvalue weighted by atomic mass is 9.95. The van der Waals surface area contributed by atoms with Crippen LogP contribution in [0.1, 0.15) is 42.5 Å². The fraction of sp³-hybridized carbons (Fsp3) is 0.471. The summed E-state index contributed by atoms with van der Waals surface area (Å²) in [5, 5.41) is 5.54. The van der Waals surface area contributed by atoms with Gasteiger partial charge in [-0.3, -0.25) is 14.4 Å². The summed E-state index contributed by atoms with van der Waals surface area (Å²) < 4.78 is 5.11. The van der Waals surface area contributed by atoms with E-state index in [1.54, 1.807) is 24.3 Å². The molecule has 1 aliphatic carbocycles. The van der Waals surface area contributed by atoms with Crippen molar-refractivity contribution in [1.29, 1.82) is 0 Å². The minimum atomic E-state index is -0.569. The Morgan fingerprint density at radius 2 is 1.75 bits per heavy atom. The number of carbonyl (C=O) groups is 3. The predicted molar refractivity (Wildman–Crippen MR) is 88.5 cm³/mol. The number of ether oxygens (including phenoxy) is 1. The first-order chi connectivity index (χ1) is 11.5. The van der Waals surface area contributed by atoms with E-state index in [2.05, 4.69) is 10.6 Å². The van der Waals surface area contributed by atoms with Crippen LogP contribution in [0.15, 0.2) is 24.3 Å². The third kappa shape index (κ3) is 5.91. The highest BCUT2D eigenvalue weighted by atomic mass is 16.5. The lowest BCUT2D eigenvalue weighted by Gasteiger charge is -2.22. The van der Waals surface area contributed by atoms with Gasteiger partial charge in [0.25, 0.3) is 11.8 Å². The van der Waals surface area contributed by atoms with Gasteiger partial charge in [0.05, 0.1) is 6.54 Å². The van der Waals surface area contributed by atoms with Gasteiger partial charge in [-0.15, -0.1) is 0 Å². The van der Waals surface area contributed by atoms with Crippen LogP contribution in [0.2, 0.25) is 0 Å². The maximum absolute atomic E-state index is 12.0. The molecule has 0 saturated heterocycles. The molecule has 3 amide bonds. The minimum absolute atomic E-state index is 0.0464. The van der Waals surface area contributed by atoms with Crippen molar-refractivity contribution in [2.75, 3.05) is 13.2 Å². The highest BCUT2D eigenvalue weighted by Gasteiger charge is 2.16. The highest BCUT2D eigenvalue weighted by Crippen LogP contribution is 2.17. The second kappa shape index (κ2) is 8.90. The molecule has 0 radical (unpaired) electrons. The highest BCUT2D eigenvalue weighted by molar-refractivity contribution is 5.96. The molecule has 0 atom stereocenters. The van der Waals surface area contributed by atoms with Crippen molar-refractivity contribution < 1.29 is 19.1 Å². The van der Waals surface area contributed by atoms with Crippen molar-refractivity contribution in [1.82, 2.24) is 10.6 Å². The van der Waals surface area contributed by atoms with Crippen LogP contribution in [0.5, 0.6) is 5.75 Å². The number of rotatable bonds is 7. The van der Waals surface area contributed by atoms with Crippen LogP contribution in [0.3, 0.4) is 0 Å². The van der Waals surface area contributed by atoms with Crippen LogP contribution in [0.25, 0.3) is 0 Å². The summed E-state index contributed by atoms with van der Waals surface area (Å²) in [5.41, 5.74) is 5.40. The van der Waals surface area contributed by atoms with Crippen LogP contribution in [-0.2, 0) is 9.59 Å². The van der Waals surface area contributed by atoms with E-state index >= 15 is 0 Å². The van der Waals surface area contributed by atoms with Crippen LogP contribution in [0.4, 0.5) is 0 Å². The number of hydrogen-bond donors (Lipinski definition) is 3. The van der Waals surface area contributed by atoms with Crippen molar-refractivity contribution in [3.05, 3.63) is 29.8 Å². The zero-order valence-corrected chi connectivity index (χ0v) is 13.5. The van der Waals surface area contributed by atoms with E-state index in [1.165, 1.54) is 6.42 Å². The van der Waals surface area contributed by atoms with Gasteiger partial charge in [0.2, 0.25) is 5.91 Å². The van der Waals surface area contributed by atoms with Gasteiger partial charge in [0, 0.05) is 11.6 Å². The molecule has 24 heavy (non-hydrogen) atoms. The topological polar surface area (TPSA) is 111 Å². The van der Waals surface area contributed by atoms with Crippen molar-refractivity contribution in [3.8, 4) is 5.75 Å². The number of carbonyl (C=O) groups excluding carboxylic acids is 3. The second-order valence-corrected chi connectivity index (χ2v) is 5.86. The first kappa shape index (κ1) is 17.8. The first-order valence-electron chi connectivity index (χ1n) is 8.13. The van der Waals surface area contributed by atoms with Gasteiger partial charge in [-0.1, -0.05) is 19.3 Å². The summed E-state index contributed by atoms with van der Waals surface area (Å²) in [6, 6.07) is 6.49. The largest absolute Gasteiger partial charge is 0.484 e. The quantitative estimate of drug-likeness (QED) is 0.683. The molecule has 0 unspecified atom stereocenters. The van der Waals surface area contributed by atoms with Gasteiger partial charge >= 0.3 is 0 Å². The standard InChI is InChI=1S/C17H23N3O4/c18-15(21)11-24-14-8-6-12(7-9-14)17(23)19-10-16(22)20-13-4-2-1-3-5-13/h6-9,13H,1-5,10-11H2,(H2,18,21)(H,19,23)(H,20,22). The zero-order valence-electron chi connectivity index (χ0n) is 13.5. The Bertz CT molecular complexity index is 580. The molecule has 0 heterocycles. The van der Waals surface area contributed by atoms with E-state index in [0.29, 0.717) is 11.3 Å². The number of benzene rings is 1. The van der Waals surface area contributed by atoms with E-state index in [9.17, 15) is 14.4 Å².